The minimum atomic E-state index is -4.72. The van der Waals surface area contributed by atoms with Crippen molar-refractivity contribution in [3.8, 4) is 0 Å². The number of nitrogens with one attached hydrogen (secondary N) is 1. The Balaban J connectivity index is 1.81. The Kier molecular flexibility index (Phi) is 5.48. The van der Waals surface area contributed by atoms with Crippen LogP contribution in [0.3, 0.4) is 0 Å². The molecular weight excluding hydrogens is 427 g/mol. The predicted molar refractivity (Wildman–Crippen MR) is 106 cm³/mol. The summed E-state index contributed by atoms with van der Waals surface area (Å²) in [6.45, 7) is 5.10. The zero-order valence-electron chi connectivity index (χ0n) is 15.7. The van der Waals surface area contributed by atoms with Gasteiger partial charge in [0.05, 0.1) is 0 Å². The van der Waals surface area contributed by atoms with Gasteiger partial charge in [0.2, 0.25) is 0 Å². The van der Waals surface area contributed by atoms with Crippen LogP contribution in [0.1, 0.15) is 32.0 Å². The molecule has 0 saturated heterocycles. The number of hydrogen-bond donors (Lipinski definition) is 1. The molecule has 1 aliphatic rings. The molecule has 0 aliphatic carbocycles. The average Bonchev–Trinajstić information content (AvgIpc) is 3.15. The molecule has 2 amide bonds. The number of halogens is 4. The summed E-state index contributed by atoms with van der Waals surface area (Å²) in [4.78, 5) is 30.6. The van der Waals surface area contributed by atoms with Gasteiger partial charge in [-0.2, -0.15) is 13.2 Å². The zero-order valence-corrected chi connectivity index (χ0v) is 17.3. The second kappa shape index (κ2) is 7.46. The summed E-state index contributed by atoms with van der Waals surface area (Å²) in [7, 11) is 0. The van der Waals surface area contributed by atoms with Crippen molar-refractivity contribution in [1.82, 2.24) is 9.88 Å². The van der Waals surface area contributed by atoms with Crippen molar-refractivity contribution in [3.05, 3.63) is 51.5 Å². The van der Waals surface area contributed by atoms with Gasteiger partial charge in [-0.15, -0.1) is 0 Å². The summed E-state index contributed by atoms with van der Waals surface area (Å²) in [5, 5.41) is 2.08. The number of amides is 2. The summed E-state index contributed by atoms with van der Waals surface area (Å²) in [5.41, 5.74) is -0.513. The van der Waals surface area contributed by atoms with Gasteiger partial charge in [-0.1, -0.05) is 53.3 Å². The fraction of sp³-hybridized carbons (Fsp3) is 0.316. The molecule has 0 atom stereocenters. The van der Waals surface area contributed by atoms with Crippen molar-refractivity contribution in [1.29, 1.82) is 0 Å². The van der Waals surface area contributed by atoms with E-state index < -0.39 is 27.7 Å². The van der Waals surface area contributed by atoms with E-state index in [2.05, 4.69) is 10.3 Å². The van der Waals surface area contributed by atoms with Crippen molar-refractivity contribution < 1.29 is 22.8 Å². The van der Waals surface area contributed by atoms with Crippen LogP contribution < -0.4 is 5.32 Å². The van der Waals surface area contributed by atoms with E-state index in [9.17, 15) is 22.8 Å². The zero-order chi connectivity index (χ0) is 21.6. The van der Waals surface area contributed by atoms with Gasteiger partial charge in [-0.25, -0.2) is 4.98 Å². The lowest BCUT2D eigenvalue weighted by molar-refractivity contribution is -0.140. The summed E-state index contributed by atoms with van der Waals surface area (Å²) >= 11 is 6.11. The quantitative estimate of drug-likeness (QED) is 0.734. The maximum atomic E-state index is 13.0. The Morgan fingerprint density at radius 2 is 1.86 bits per heavy atom. The molecule has 0 spiro atoms. The number of thiazole rings is 1. The lowest BCUT2D eigenvalue weighted by Crippen LogP contribution is -2.53. The third kappa shape index (κ3) is 4.02. The van der Waals surface area contributed by atoms with Crippen molar-refractivity contribution in [2.75, 3.05) is 11.9 Å². The minimum Gasteiger partial charge on any atom is -0.320 e. The van der Waals surface area contributed by atoms with Crippen LogP contribution in [0.25, 0.3) is 5.57 Å². The third-order valence-electron chi connectivity index (χ3n) is 4.65. The number of carbonyl (C=O) groups excluding carboxylic acids is 2. The highest BCUT2D eigenvalue weighted by molar-refractivity contribution is 7.19. The minimum absolute atomic E-state index is 0.232. The molecule has 1 aromatic carbocycles. The normalized spacial score (nSPS) is 15.3. The van der Waals surface area contributed by atoms with Gasteiger partial charge >= 0.3 is 6.18 Å². The molecule has 0 radical (unpaired) electrons. The topological polar surface area (TPSA) is 62.3 Å². The molecule has 0 unspecified atom stereocenters. The van der Waals surface area contributed by atoms with Crippen LogP contribution in [0, 0.1) is 0 Å². The maximum Gasteiger partial charge on any atom is 0.435 e. The van der Waals surface area contributed by atoms with Crippen molar-refractivity contribution in [2.24, 2.45) is 0 Å². The van der Waals surface area contributed by atoms with Gasteiger partial charge in [0.1, 0.15) is 9.88 Å². The number of hydrogen-bond acceptors (Lipinski definition) is 4. The lowest BCUT2D eigenvalue weighted by atomic mass is 10.0. The van der Waals surface area contributed by atoms with Crippen molar-refractivity contribution >= 4 is 45.5 Å². The number of aromatic nitrogens is 1. The first-order valence-electron chi connectivity index (χ1n) is 8.55. The maximum absolute atomic E-state index is 13.0. The van der Waals surface area contributed by atoms with E-state index in [-0.39, 0.29) is 17.6 Å². The van der Waals surface area contributed by atoms with Crippen LogP contribution >= 0.6 is 22.9 Å². The molecular formula is C19H17ClF3N3O2S. The van der Waals surface area contributed by atoms with Crippen LogP contribution in [-0.4, -0.2) is 33.8 Å². The number of carbonyl (C=O) groups is 2. The summed E-state index contributed by atoms with van der Waals surface area (Å²) in [6, 6.07) is 9.08. The van der Waals surface area contributed by atoms with Crippen LogP contribution in [0.2, 0.25) is 4.34 Å². The van der Waals surface area contributed by atoms with E-state index in [0.717, 1.165) is 11.1 Å². The Morgan fingerprint density at radius 3 is 2.41 bits per heavy atom. The Morgan fingerprint density at radius 1 is 1.24 bits per heavy atom. The van der Waals surface area contributed by atoms with Crippen LogP contribution in [0.4, 0.5) is 18.3 Å². The molecule has 2 heterocycles. The second-order valence-electron chi connectivity index (χ2n) is 7.06. The Bertz CT molecular complexity index is 1000. The molecule has 29 heavy (non-hydrogen) atoms. The van der Waals surface area contributed by atoms with E-state index in [4.69, 9.17) is 11.6 Å². The molecule has 0 bridgehead atoms. The average molecular weight is 444 g/mol. The molecule has 2 aromatic rings. The number of benzene rings is 1. The van der Waals surface area contributed by atoms with Gasteiger partial charge in [0, 0.05) is 12.1 Å². The fourth-order valence-electron chi connectivity index (χ4n) is 3.03. The molecule has 5 nitrogen and oxygen atoms in total. The van der Waals surface area contributed by atoms with Crippen molar-refractivity contribution in [2.45, 2.75) is 32.5 Å². The highest BCUT2D eigenvalue weighted by atomic mass is 35.5. The largest absolute Gasteiger partial charge is 0.435 e. The highest BCUT2D eigenvalue weighted by Gasteiger charge is 2.44. The number of rotatable bonds is 4. The third-order valence-corrected chi connectivity index (χ3v) is 5.82. The summed E-state index contributed by atoms with van der Waals surface area (Å²) in [5.74, 6) is -0.978. The number of nitrogens with zero attached hydrogens (tertiary/aromatic N) is 2. The molecule has 0 fully saturated rings. The van der Waals surface area contributed by atoms with Gasteiger partial charge in [-0.05, 0) is 31.9 Å². The van der Waals surface area contributed by atoms with Gasteiger partial charge in [0.15, 0.2) is 10.8 Å². The molecule has 10 heteroatoms. The predicted octanol–water partition coefficient (Wildman–Crippen LogP) is 4.85. The van der Waals surface area contributed by atoms with E-state index in [1.54, 1.807) is 0 Å². The molecule has 0 saturated carbocycles. The fourth-order valence-corrected chi connectivity index (χ4v) is 4.11. The number of anilines is 1. The van der Waals surface area contributed by atoms with Gasteiger partial charge < -0.3 is 4.90 Å². The van der Waals surface area contributed by atoms with E-state index in [0.29, 0.717) is 16.9 Å². The number of alkyl halides is 3. The van der Waals surface area contributed by atoms with Crippen LogP contribution in [0.15, 0.2) is 35.9 Å². The van der Waals surface area contributed by atoms with Crippen LogP contribution in [0.5, 0.6) is 0 Å². The molecule has 3 rings (SSSR count). The smallest absolute Gasteiger partial charge is 0.320 e. The Labute approximate surface area is 174 Å². The molecule has 154 valence electrons. The van der Waals surface area contributed by atoms with Crippen molar-refractivity contribution in [3.63, 3.8) is 0 Å². The molecule has 1 aromatic heterocycles. The van der Waals surface area contributed by atoms with E-state index in [1.165, 1.54) is 18.7 Å². The standard InChI is InChI=1S/C19H17ClF3N3O2S/c1-10-9-26(15(27)12(10)11-7-5-4-6-8-11)18(2,3)16(28)25-17-24-13(14(20)29-17)19(21,22)23/h4-8H,9H2,1-3H3,(H,24,25,28). The first-order chi connectivity index (χ1) is 13.4. The first kappa shape index (κ1) is 21.3. The highest BCUT2D eigenvalue weighted by Crippen LogP contribution is 2.39. The molecule has 1 N–H and O–H groups in total. The van der Waals surface area contributed by atoms with Gasteiger partial charge in [-0.3, -0.25) is 14.9 Å². The first-order valence-corrected chi connectivity index (χ1v) is 9.74. The Hall–Kier alpha value is -2.39. The van der Waals surface area contributed by atoms with E-state index >= 15 is 0 Å². The molecule has 1 aliphatic heterocycles. The second-order valence-corrected chi connectivity index (χ2v) is 8.67. The monoisotopic (exact) mass is 443 g/mol. The lowest BCUT2D eigenvalue weighted by Gasteiger charge is -2.34. The summed E-state index contributed by atoms with van der Waals surface area (Å²) < 4.78 is 38.0. The SMILES string of the molecule is CC1=C(c2ccccc2)C(=O)N(C(C)(C)C(=O)Nc2nc(C(F)(F)F)c(Cl)s2)C1. The summed E-state index contributed by atoms with van der Waals surface area (Å²) in [6.07, 6.45) is -4.72. The van der Waals surface area contributed by atoms with E-state index in [1.807, 2.05) is 37.3 Å². The van der Waals surface area contributed by atoms with Gasteiger partial charge in [0.25, 0.3) is 11.8 Å². The van der Waals surface area contributed by atoms with Crippen LogP contribution in [-0.2, 0) is 15.8 Å².